The summed E-state index contributed by atoms with van der Waals surface area (Å²) >= 11 is 0. The van der Waals surface area contributed by atoms with Crippen molar-refractivity contribution in [3.63, 3.8) is 0 Å². The van der Waals surface area contributed by atoms with Gasteiger partial charge in [0.2, 0.25) is 0 Å². The smallest absolute Gasteiger partial charge is 0.193 e. The van der Waals surface area contributed by atoms with E-state index in [1.54, 1.807) is 0 Å². The first-order valence-corrected chi connectivity index (χ1v) is 7.88. The molecule has 1 N–H and O–H groups in total. The van der Waals surface area contributed by atoms with Crippen LogP contribution in [0.2, 0.25) is 0 Å². The lowest BCUT2D eigenvalue weighted by molar-refractivity contribution is 0.151. The Morgan fingerprint density at radius 1 is 1.25 bits per heavy atom. The second-order valence-corrected chi connectivity index (χ2v) is 6.73. The number of hydrogen-bond acceptors (Lipinski definition) is 2. The molecule has 0 amide bonds. The van der Waals surface area contributed by atoms with Crippen LogP contribution >= 0.6 is 24.0 Å². The Kier molecular flexibility index (Phi) is 5.56. The molecule has 116 valence electrons. The molecular formula is C15H29IN4. The molecule has 0 bridgehead atoms. The van der Waals surface area contributed by atoms with E-state index in [-0.39, 0.29) is 24.0 Å². The van der Waals surface area contributed by atoms with Gasteiger partial charge in [0.05, 0.1) is 0 Å². The van der Waals surface area contributed by atoms with Crippen molar-refractivity contribution in [3.8, 4) is 0 Å². The molecule has 3 aliphatic rings. The number of likely N-dealkylation sites (N-methyl/N-ethyl adjacent to an activating group) is 1. The molecule has 0 aromatic carbocycles. The first kappa shape index (κ1) is 16.3. The highest BCUT2D eigenvalue weighted by Crippen LogP contribution is 2.47. The van der Waals surface area contributed by atoms with Crippen LogP contribution in [0.5, 0.6) is 0 Å². The standard InChI is InChI=1S/C15H28N4.HI/c1-16-14(17-11-13-5-3-9-18(13)2)19-10-8-15(12-19)6-4-7-15;/h13H,3-12H2,1-2H3,(H,16,17);1H. The molecule has 1 atom stereocenters. The highest BCUT2D eigenvalue weighted by Gasteiger charge is 2.43. The van der Waals surface area contributed by atoms with Crippen molar-refractivity contribution < 1.29 is 0 Å². The molecule has 20 heavy (non-hydrogen) atoms. The lowest BCUT2D eigenvalue weighted by Crippen LogP contribution is -2.46. The zero-order valence-electron chi connectivity index (χ0n) is 12.9. The van der Waals surface area contributed by atoms with Crippen LogP contribution in [0, 0.1) is 5.41 Å². The van der Waals surface area contributed by atoms with E-state index in [4.69, 9.17) is 0 Å². The van der Waals surface area contributed by atoms with Crippen LogP contribution in [0.1, 0.15) is 38.5 Å². The largest absolute Gasteiger partial charge is 0.355 e. The van der Waals surface area contributed by atoms with Crippen molar-refractivity contribution in [3.05, 3.63) is 0 Å². The molecule has 0 aromatic rings. The van der Waals surface area contributed by atoms with E-state index in [0.29, 0.717) is 11.5 Å². The number of aliphatic imine (C=N–C) groups is 1. The molecule has 2 aliphatic heterocycles. The summed E-state index contributed by atoms with van der Waals surface area (Å²) in [5.41, 5.74) is 0.655. The summed E-state index contributed by atoms with van der Waals surface area (Å²) in [4.78, 5) is 9.44. The fourth-order valence-corrected chi connectivity index (χ4v) is 3.98. The van der Waals surface area contributed by atoms with E-state index in [1.807, 2.05) is 7.05 Å². The molecule has 1 saturated carbocycles. The van der Waals surface area contributed by atoms with Crippen LogP contribution in [0.25, 0.3) is 0 Å². The number of rotatable bonds is 2. The highest BCUT2D eigenvalue weighted by atomic mass is 127. The van der Waals surface area contributed by atoms with Gasteiger partial charge in [-0.25, -0.2) is 0 Å². The first-order chi connectivity index (χ1) is 9.22. The van der Waals surface area contributed by atoms with E-state index >= 15 is 0 Å². The van der Waals surface area contributed by atoms with Gasteiger partial charge in [-0.3, -0.25) is 4.99 Å². The SMILES string of the molecule is CN=C(NCC1CCCN1C)N1CCC2(CCC2)C1.I. The lowest BCUT2D eigenvalue weighted by atomic mass is 9.68. The van der Waals surface area contributed by atoms with Crippen LogP contribution in [0.15, 0.2) is 4.99 Å². The Balaban J connectivity index is 0.00000147. The average Bonchev–Trinajstić information content (AvgIpc) is 2.97. The van der Waals surface area contributed by atoms with Crippen molar-refractivity contribution in [2.75, 3.05) is 40.3 Å². The van der Waals surface area contributed by atoms with Crippen LogP contribution in [-0.4, -0.2) is 62.1 Å². The number of likely N-dealkylation sites (tertiary alicyclic amines) is 2. The monoisotopic (exact) mass is 392 g/mol. The molecule has 0 aromatic heterocycles. The number of guanidine groups is 1. The van der Waals surface area contributed by atoms with Crippen LogP contribution in [-0.2, 0) is 0 Å². The van der Waals surface area contributed by atoms with Crippen molar-refractivity contribution in [2.45, 2.75) is 44.6 Å². The Morgan fingerprint density at radius 2 is 2.05 bits per heavy atom. The fraction of sp³-hybridized carbons (Fsp3) is 0.933. The second-order valence-electron chi connectivity index (χ2n) is 6.73. The van der Waals surface area contributed by atoms with E-state index in [9.17, 15) is 0 Å². The lowest BCUT2D eigenvalue weighted by Gasteiger charge is -2.38. The quantitative estimate of drug-likeness (QED) is 0.444. The maximum absolute atomic E-state index is 4.49. The van der Waals surface area contributed by atoms with Crippen molar-refractivity contribution in [1.82, 2.24) is 15.1 Å². The van der Waals surface area contributed by atoms with Crippen molar-refractivity contribution >= 4 is 29.9 Å². The van der Waals surface area contributed by atoms with Gasteiger partial charge in [-0.15, -0.1) is 24.0 Å². The van der Waals surface area contributed by atoms with Gasteiger partial charge in [-0.2, -0.15) is 0 Å². The summed E-state index contributed by atoms with van der Waals surface area (Å²) in [5.74, 6) is 1.13. The normalized spacial score (nSPS) is 29.4. The van der Waals surface area contributed by atoms with Gasteiger partial charge in [0.1, 0.15) is 0 Å². The van der Waals surface area contributed by atoms with Crippen molar-refractivity contribution in [1.29, 1.82) is 0 Å². The van der Waals surface area contributed by atoms with E-state index < -0.39 is 0 Å². The molecular weight excluding hydrogens is 363 g/mol. The third kappa shape index (κ3) is 3.24. The zero-order chi connectivity index (χ0) is 13.3. The summed E-state index contributed by atoms with van der Waals surface area (Å²) < 4.78 is 0. The second kappa shape index (κ2) is 6.81. The maximum Gasteiger partial charge on any atom is 0.193 e. The van der Waals surface area contributed by atoms with Crippen molar-refractivity contribution in [2.24, 2.45) is 10.4 Å². The van der Waals surface area contributed by atoms with Gasteiger partial charge < -0.3 is 15.1 Å². The predicted octanol–water partition coefficient (Wildman–Crippen LogP) is 2.15. The van der Waals surface area contributed by atoms with Gasteiger partial charge in [0.15, 0.2) is 5.96 Å². The van der Waals surface area contributed by atoms with E-state index in [0.717, 1.165) is 12.5 Å². The van der Waals surface area contributed by atoms with Gasteiger partial charge >= 0.3 is 0 Å². The van der Waals surface area contributed by atoms with Crippen LogP contribution < -0.4 is 5.32 Å². The Labute approximate surface area is 140 Å². The number of nitrogens with one attached hydrogen (secondary N) is 1. The molecule has 4 nitrogen and oxygen atoms in total. The number of hydrogen-bond donors (Lipinski definition) is 1. The molecule has 3 fully saturated rings. The predicted molar refractivity (Wildman–Crippen MR) is 94.9 cm³/mol. The third-order valence-electron chi connectivity index (χ3n) is 5.53. The number of nitrogens with zero attached hydrogens (tertiary/aromatic N) is 3. The van der Waals surface area contributed by atoms with Gasteiger partial charge in [-0.05, 0) is 51.1 Å². The topological polar surface area (TPSA) is 30.9 Å². The number of halogens is 1. The van der Waals surface area contributed by atoms with Crippen LogP contribution in [0.3, 0.4) is 0 Å². The van der Waals surface area contributed by atoms with E-state index in [2.05, 4.69) is 27.2 Å². The Hall–Kier alpha value is -0.0400. The highest BCUT2D eigenvalue weighted by molar-refractivity contribution is 14.0. The minimum Gasteiger partial charge on any atom is -0.355 e. The minimum atomic E-state index is 0. The maximum atomic E-state index is 4.49. The molecule has 2 saturated heterocycles. The molecule has 1 unspecified atom stereocenters. The third-order valence-corrected chi connectivity index (χ3v) is 5.53. The first-order valence-electron chi connectivity index (χ1n) is 7.88. The Morgan fingerprint density at radius 3 is 2.55 bits per heavy atom. The molecule has 2 heterocycles. The summed E-state index contributed by atoms with van der Waals surface area (Å²) in [6.45, 7) is 4.72. The summed E-state index contributed by atoms with van der Waals surface area (Å²) in [7, 11) is 4.16. The fourth-order valence-electron chi connectivity index (χ4n) is 3.98. The summed E-state index contributed by atoms with van der Waals surface area (Å²) in [6.07, 6.45) is 8.35. The minimum absolute atomic E-state index is 0. The van der Waals surface area contributed by atoms with E-state index in [1.165, 1.54) is 58.2 Å². The molecule has 1 spiro atoms. The van der Waals surface area contributed by atoms with Gasteiger partial charge in [-0.1, -0.05) is 6.42 Å². The Bertz CT molecular complexity index is 354. The summed E-state index contributed by atoms with van der Waals surface area (Å²) in [5, 5.41) is 3.60. The van der Waals surface area contributed by atoms with Gasteiger partial charge in [0, 0.05) is 32.7 Å². The molecule has 1 aliphatic carbocycles. The molecule has 0 radical (unpaired) electrons. The summed E-state index contributed by atoms with van der Waals surface area (Å²) in [6, 6.07) is 0.692. The molecule has 5 heteroatoms. The average molecular weight is 392 g/mol. The molecule has 3 rings (SSSR count). The van der Waals surface area contributed by atoms with Gasteiger partial charge in [0.25, 0.3) is 0 Å². The zero-order valence-corrected chi connectivity index (χ0v) is 15.2. The van der Waals surface area contributed by atoms with Crippen LogP contribution in [0.4, 0.5) is 0 Å².